The fourth-order valence-corrected chi connectivity index (χ4v) is 0.797. The summed E-state index contributed by atoms with van der Waals surface area (Å²) < 4.78 is 18.7. The summed E-state index contributed by atoms with van der Waals surface area (Å²) in [6, 6.07) is 0. The topological polar surface area (TPSA) is 54.0 Å². The van der Waals surface area contributed by atoms with Gasteiger partial charge in [0.1, 0.15) is 0 Å². The van der Waals surface area contributed by atoms with Crippen molar-refractivity contribution in [3.8, 4) is 0 Å². The maximum absolute atomic E-state index is 11.0. The van der Waals surface area contributed by atoms with Crippen LogP contribution in [-0.2, 0) is 23.4 Å². The van der Waals surface area contributed by atoms with Gasteiger partial charge in [-0.3, -0.25) is 0 Å². The molecule has 5 nitrogen and oxygen atoms in total. The largest absolute Gasteiger partial charge is 0.523 e. The van der Waals surface area contributed by atoms with Crippen LogP contribution in [0, 0.1) is 0 Å². The summed E-state index contributed by atoms with van der Waals surface area (Å²) >= 11 is 0. The van der Waals surface area contributed by atoms with Gasteiger partial charge in [0, 0.05) is 0 Å². The van der Waals surface area contributed by atoms with Crippen molar-refractivity contribution in [1.82, 2.24) is 0 Å². The second kappa shape index (κ2) is 5.47. The Morgan fingerprint density at radius 1 is 1.08 bits per heavy atom. The van der Waals surface area contributed by atoms with Crippen LogP contribution in [0.3, 0.4) is 0 Å². The van der Waals surface area contributed by atoms with Crippen LogP contribution in [0.25, 0.3) is 0 Å². The minimum absolute atomic E-state index is 0.0124. The number of hydrogen-bond acceptors (Lipinski definition) is 5. The highest BCUT2D eigenvalue weighted by Gasteiger charge is 2.18. The highest BCUT2D eigenvalue weighted by atomic mass is 28.2. The molecule has 12 heavy (non-hydrogen) atoms. The summed E-state index contributed by atoms with van der Waals surface area (Å²) in [5, 5.41) is 0. The van der Waals surface area contributed by atoms with E-state index < -0.39 is 5.97 Å². The molecule has 0 unspecified atom stereocenters. The quantitative estimate of drug-likeness (QED) is 0.322. The lowest BCUT2D eigenvalue weighted by atomic mass is 10.5. The molecule has 0 saturated heterocycles. The lowest BCUT2D eigenvalue weighted by Crippen LogP contribution is -2.12. The number of rotatable bonds is 4. The molecular formula is C6H12O5Si. The zero-order valence-corrected chi connectivity index (χ0v) is 9.54. The molecule has 0 aromatic heterocycles. The van der Waals surface area contributed by atoms with E-state index in [1.165, 1.54) is 21.3 Å². The summed E-state index contributed by atoms with van der Waals surface area (Å²) in [6.07, 6.45) is 0. The number of ether oxygens (including phenoxy) is 3. The smallest absolute Gasteiger partial charge is 0.367 e. The third kappa shape index (κ3) is 2.46. The van der Waals surface area contributed by atoms with Gasteiger partial charge in [-0.05, 0) is 0 Å². The van der Waals surface area contributed by atoms with E-state index in [2.05, 4.69) is 4.43 Å². The molecule has 0 aliphatic carbocycles. The van der Waals surface area contributed by atoms with Crippen LogP contribution in [0.2, 0.25) is 0 Å². The molecule has 6 heteroatoms. The molecule has 0 spiro atoms. The van der Waals surface area contributed by atoms with Crippen LogP contribution < -0.4 is 0 Å². The van der Waals surface area contributed by atoms with Crippen molar-refractivity contribution in [3.63, 3.8) is 0 Å². The Morgan fingerprint density at radius 3 is 1.83 bits per heavy atom. The highest BCUT2D eigenvalue weighted by molar-refractivity contribution is 6.08. The van der Waals surface area contributed by atoms with Crippen LogP contribution in [0.1, 0.15) is 0 Å². The van der Waals surface area contributed by atoms with Gasteiger partial charge in [-0.2, -0.15) is 0 Å². The van der Waals surface area contributed by atoms with Crippen molar-refractivity contribution in [1.29, 1.82) is 0 Å². The fourth-order valence-electron chi connectivity index (χ4n) is 0.611. The van der Waals surface area contributed by atoms with Gasteiger partial charge in [-0.1, -0.05) is 0 Å². The van der Waals surface area contributed by atoms with Crippen LogP contribution in [0.4, 0.5) is 0 Å². The number of carbonyl (C=O) groups is 1. The molecule has 0 amide bonds. The van der Waals surface area contributed by atoms with Crippen molar-refractivity contribution in [2.75, 3.05) is 21.3 Å². The van der Waals surface area contributed by atoms with E-state index in [9.17, 15) is 4.79 Å². The molecular weight excluding hydrogens is 180 g/mol. The maximum Gasteiger partial charge on any atom is 0.367 e. The Hall–Kier alpha value is -1.17. The first-order valence-electron chi connectivity index (χ1n) is 3.15. The Bertz CT molecular complexity index is 182. The maximum atomic E-state index is 11.0. The van der Waals surface area contributed by atoms with Gasteiger partial charge in [-0.25, -0.2) is 4.79 Å². The second-order valence-corrected chi connectivity index (χ2v) is 2.13. The molecule has 70 valence electrons. The molecule has 0 saturated carbocycles. The van der Waals surface area contributed by atoms with Gasteiger partial charge in [0.2, 0.25) is 10.5 Å². The van der Waals surface area contributed by atoms with Crippen LogP contribution in [0.15, 0.2) is 11.7 Å². The van der Waals surface area contributed by atoms with E-state index in [0.717, 1.165) is 0 Å². The molecule has 0 aliphatic heterocycles. The van der Waals surface area contributed by atoms with Crippen LogP contribution in [0.5, 0.6) is 0 Å². The Morgan fingerprint density at radius 2 is 1.58 bits per heavy atom. The third-order valence-electron chi connectivity index (χ3n) is 1.13. The number of hydrogen-bond donors (Lipinski definition) is 0. The van der Waals surface area contributed by atoms with Crippen LogP contribution in [-0.4, -0.2) is 37.8 Å². The van der Waals surface area contributed by atoms with Gasteiger partial charge < -0.3 is 18.6 Å². The van der Waals surface area contributed by atoms with Crippen molar-refractivity contribution in [2.24, 2.45) is 0 Å². The first kappa shape index (κ1) is 10.8. The molecule has 0 heterocycles. The molecule has 0 aromatic rings. The summed E-state index contributed by atoms with van der Waals surface area (Å²) in [5.41, 5.74) is 0. The minimum atomic E-state index is -0.581. The summed E-state index contributed by atoms with van der Waals surface area (Å²) in [5.74, 6) is -0.629. The standard InChI is InChI=1S/C6H12O5Si/c1-8-4(5(7)11-12)6(9-2)10-3/h1-3,12H3. The average Bonchev–Trinajstić information content (AvgIpc) is 2.12. The molecule has 0 N–H and O–H groups in total. The van der Waals surface area contributed by atoms with Crippen LogP contribution >= 0.6 is 0 Å². The van der Waals surface area contributed by atoms with E-state index in [0.29, 0.717) is 10.5 Å². The Labute approximate surface area is 73.8 Å². The van der Waals surface area contributed by atoms with Gasteiger partial charge >= 0.3 is 11.9 Å². The monoisotopic (exact) mass is 192 g/mol. The predicted molar refractivity (Wildman–Crippen MR) is 44.1 cm³/mol. The van der Waals surface area contributed by atoms with Gasteiger partial charge in [0.05, 0.1) is 21.3 Å². The van der Waals surface area contributed by atoms with Crippen molar-refractivity contribution in [2.45, 2.75) is 0 Å². The average molecular weight is 192 g/mol. The molecule has 0 rings (SSSR count). The molecule has 0 radical (unpaired) electrons. The van der Waals surface area contributed by atoms with Gasteiger partial charge in [-0.15, -0.1) is 0 Å². The first-order chi connectivity index (χ1) is 5.71. The van der Waals surface area contributed by atoms with E-state index in [1.807, 2.05) is 0 Å². The van der Waals surface area contributed by atoms with E-state index in [-0.39, 0.29) is 11.7 Å². The summed E-state index contributed by atoms with van der Waals surface area (Å²) in [7, 11) is 4.39. The summed E-state index contributed by atoms with van der Waals surface area (Å²) in [6.45, 7) is 0. The zero-order valence-electron chi connectivity index (χ0n) is 7.54. The first-order valence-corrected chi connectivity index (χ1v) is 3.97. The molecule has 0 aliphatic rings. The Balaban J connectivity index is 4.68. The van der Waals surface area contributed by atoms with Crippen molar-refractivity contribution in [3.05, 3.63) is 11.7 Å². The molecule has 0 atom stereocenters. The van der Waals surface area contributed by atoms with E-state index in [4.69, 9.17) is 14.2 Å². The number of methoxy groups -OCH3 is 3. The van der Waals surface area contributed by atoms with Crippen molar-refractivity contribution < 1.29 is 23.4 Å². The number of carbonyl (C=O) groups excluding carboxylic acids is 1. The molecule has 0 bridgehead atoms. The highest BCUT2D eigenvalue weighted by Crippen LogP contribution is 2.08. The molecule has 0 aromatic carbocycles. The van der Waals surface area contributed by atoms with Gasteiger partial charge in [0.15, 0.2) is 0 Å². The SMILES string of the molecule is COC(OC)=C(OC)C(=O)O[SiH3]. The normalized spacial score (nSPS) is 8.58. The Kier molecular flexibility index (Phi) is 4.94. The summed E-state index contributed by atoms with van der Waals surface area (Å²) in [4.78, 5) is 11.0. The predicted octanol–water partition coefficient (Wildman–Crippen LogP) is -1.08. The fraction of sp³-hybridized carbons (Fsp3) is 0.500. The van der Waals surface area contributed by atoms with Crippen molar-refractivity contribution >= 4 is 16.5 Å². The second-order valence-electron chi connectivity index (χ2n) is 1.72. The zero-order chi connectivity index (χ0) is 9.56. The van der Waals surface area contributed by atoms with E-state index in [1.54, 1.807) is 0 Å². The molecule has 0 fully saturated rings. The minimum Gasteiger partial charge on any atom is -0.523 e. The van der Waals surface area contributed by atoms with E-state index >= 15 is 0 Å². The van der Waals surface area contributed by atoms with Gasteiger partial charge in [0.25, 0.3) is 5.76 Å². The lowest BCUT2D eigenvalue weighted by Gasteiger charge is -2.09. The lowest BCUT2D eigenvalue weighted by molar-refractivity contribution is -0.134. The third-order valence-corrected chi connectivity index (χ3v) is 1.50.